The highest BCUT2D eigenvalue weighted by Crippen LogP contribution is 2.18. The molecule has 0 spiro atoms. The zero-order valence-electron chi connectivity index (χ0n) is 15.7. The van der Waals surface area contributed by atoms with E-state index in [1.807, 2.05) is 32.0 Å². The summed E-state index contributed by atoms with van der Waals surface area (Å²) in [6.07, 6.45) is 0. The highest BCUT2D eigenvalue weighted by atomic mass is 16.2. The van der Waals surface area contributed by atoms with Crippen molar-refractivity contribution in [2.24, 2.45) is 5.92 Å². The standard InChI is InChI=1S/C22H24N2O3/c1-16(2)21(26)23-12-14-24(15-13-23)22(27)19-11-7-6-10-18(19)20(25)17-8-4-3-5-9-17/h3-11,16H,12-15H2,1-2H3. The fraction of sp³-hybridized carbons (Fsp3) is 0.318. The topological polar surface area (TPSA) is 57.7 Å². The molecule has 140 valence electrons. The van der Waals surface area contributed by atoms with Gasteiger partial charge in [-0.05, 0) is 6.07 Å². The molecule has 2 aromatic carbocycles. The van der Waals surface area contributed by atoms with Gasteiger partial charge >= 0.3 is 0 Å². The smallest absolute Gasteiger partial charge is 0.254 e. The molecule has 1 fully saturated rings. The number of hydrogen-bond acceptors (Lipinski definition) is 3. The summed E-state index contributed by atoms with van der Waals surface area (Å²) in [5.74, 6) is -0.252. The molecule has 0 aliphatic carbocycles. The number of carbonyl (C=O) groups excluding carboxylic acids is 3. The van der Waals surface area contributed by atoms with Crippen LogP contribution in [0.2, 0.25) is 0 Å². The molecule has 0 aromatic heterocycles. The fourth-order valence-electron chi connectivity index (χ4n) is 3.28. The molecule has 1 saturated heterocycles. The molecule has 5 heteroatoms. The van der Waals surface area contributed by atoms with Gasteiger partial charge in [-0.25, -0.2) is 0 Å². The first kappa shape index (κ1) is 18.8. The van der Waals surface area contributed by atoms with Crippen LogP contribution < -0.4 is 0 Å². The maximum Gasteiger partial charge on any atom is 0.254 e. The van der Waals surface area contributed by atoms with Crippen molar-refractivity contribution in [1.82, 2.24) is 9.80 Å². The Kier molecular flexibility index (Phi) is 5.69. The number of rotatable bonds is 4. The summed E-state index contributed by atoms with van der Waals surface area (Å²) in [6, 6.07) is 15.9. The van der Waals surface area contributed by atoms with E-state index in [0.717, 1.165) is 0 Å². The Balaban J connectivity index is 1.77. The SMILES string of the molecule is CC(C)C(=O)N1CCN(C(=O)c2ccccc2C(=O)c2ccccc2)CC1. The molecule has 1 aliphatic heterocycles. The van der Waals surface area contributed by atoms with Crippen molar-refractivity contribution in [2.75, 3.05) is 26.2 Å². The third-order valence-corrected chi connectivity index (χ3v) is 4.81. The average Bonchev–Trinajstić information content (AvgIpc) is 2.73. The van der Waals surface area contributed by atoms with Gasteiger partial charge in [-0.1, -0.05) is 62.4 Å². The summed E-state index contributed by atoms with van der Waals surface area (Å²) in [7, 11) is 0. The van der Waals surface area contributed by atoms with Gasteiger partial charge in [-0.3, -0.25) is 14.4 Å². The summed E-state index contributed by atoms with van der Waals surface area (Å²) < 4.78 is 0. The summed E-state index contributed by atoms with van der Waals surface area (Å²) in [4.78, 5) is 41.5. The van der Waals surface area contributed by atoms with E-state index >= 15 is 0 Å². The van der Waals surface area contributed by atoms with Gasteiger partial charge in [-0.2, -0.15) is 0 Å². The minimum Gasteiger partial charge on any atom is -0.339 e. The number of piperazine rings is 1. The van der Waals surface area contributed by atoms with Gasteiger partial charge in [-0.15, -0.1) is 0 Å². The molecule has 3 rings (SSSR count). The molecule has 2 amide bonds. The van der Waals surface area contributed by atoms with Gasteiger partial charge in [0.1, 0.15) is 0 Å². The van der Waals surface area contributed by atoms with Crippen LogP contribution in [0.4, 0.5) is 0 Å². The molecule has 27 heavy (non-hydrogen) atoms. The van der Waals surface area contributed by atoms with Crippen LogP contribution >= 0.6 is 0 Å². The van der Waals surface area contributed by atoms with E-state index in [2.05, 4.69) is 0 Å². The zero-order chi connectivity index (χ0) is 19.4. The Morgan fingerprint density at radius 3 is 1.85 bits per heavy atom. The van der Waals surface area contributed by atoms with Gasteiger partial charge in [0.25, 0.3) is 5.91 Å². The first-order valence-electron chi connectivity index (χ1n) is 9.26. The molecule has 0 unspecified atom stereocenters. The Morgan fingerprint density at radius 1 is 0.741 bits per heavy atom. The fourth-order valence-corrected chi connectivity index (χ4v) is 3.28. The van der Waals surface area contributed by atoms with E-state index in [9.17, 15) is 14.4 Å². The van der Waals surface area contributed by atoms with Crippen molar-refractivity contribution in [1.29, 1.82) is 0 Å². The second kappa shape index (κ2) is 8.16. The maximum atomic E-state index is 13.0. The lowest BCUT2D eigenvalue weighted by Crippen LogP contribution is -2.51. The third-order valence-electron chi connectivity index (χ3n) is 4.81. The van der Waals surface area contributed by atoms with Crippen LogP contribution in [0, 0.1) is 5.92 Å². The quantitative estimate of drug-likeness (QED) is 0.784. The number of ketones is 1. The van der Waals surface area contributed by atoms with E-state index in [1.54, 1.807) is 46.2 Å². The summed E-state index contributed by atoms with van der Waals surface area (Å²) in [5, 5.41) is 0. The van der Waals surface area contributed by atoms with Crippen molar-refractivity contribution in [3.05, 3.63) is 71.3 Å². The minimum atomic E-state index is -0.161. The van der Waals surface area contributed by atoms with Crippen LogP contribution in [-0.4, -0.2) is 53.6 Å². The van der Waals surface area contributed by atoms with Crippen LogP contribution in [0.15, 0.2) is 54.6 Å². The van der Waals surface area contributed by atoms with Gasteiger partial charge in [0.15, 0.2) is 5.78 Å². The molecule has 0 atom stereocenters. The van der Waals surface area contributed by atoms with E-state index in [4.69, 9.17) is 0 Å². The summed E-state index contributed by atoms with van der Waals surface area (Å²) >= 11 is 0. The largest absolute Gasteiger partial charge is 0.339 e. The molecule has 5 nitrogen and oxygen atoms in total. The second-order valence-electron chi connectivity index (χ2n) is 7.01. The molecule has 0 N–H and O–H groups in total. The van der Waals surface area contributed by atoms with Crippen molar-refractivity contribution in [3.63, 3.8) is 0 Å². The Labute approximate surface area is 159 Å². The van der Waals surface area contributed by atoms with E-state index < -0.39 is 0 Å². The molecule has 1 heterocycles. The van der Waals surface area contributed by atoms with Crippen LogP contribution in [0.5, 0.6) is 0 Å². The van der Waals surface area contributed by atoms with Crippen molar-refractivity contribution in [3.8, 4) is 0 Å². The first-order chi connectivity index (χ1) is 13.0. The van der Waals surface area contributed by atoms with Crippen molar-refractivity contribution >= 4 is 17.6 Å². The number of carbonyl (C=O) groups is 3. The van der Waals surface area contributed by atoms with Gasteiger partial charge in [0.05, 0.1) is 5.56 Å². The van der Waals surface area contributed by atoms with Gasteiger partial charge in [0, 0.05) is 43.2 Å². The molecular weight excluding hydrogens is 340 g/mol. The number of benzene rings is 2. The average molecular weight is 364 g/mol. The lowest BCUT2D eigenvalue weighted by atomic mass is 9.97. The van der Waals surface area contributed by atoms with Crippen molar-refractivity contribution < 1.29 is 14.4 Å². The highest BCUT2D eigenvalue weighted by molar-refractivity contribution is 6.15. The van der Waals surface area contributed by atoms with Crippen LogP contribution in [0.1, 0.15) is 40.1 Å². The normalized spacial score (nSPS) is 14.3. The second-order valence-corrected chi connectivity index (χ2v) is 7.01. The Bertz CT molecular complexity index is 838. The summed E-state index contributed by atoms with van der Waals surface area (Å²) in [5.41, 5.74) is 1.38. The zero-order valence-corrected chi connectivity index (χ0v) is 15.7. The maximum absolute atomic E-state index is 13.0. The summed E-state index contributed by atoms with van der Waals surface area (Å²) in [6.45, 7) is 5.77. The number of nitrogens with zero attached hydrogens (tertiary/aromatic N) is 2. The van der Waals surface area contributed by atoms with Gasteiger partial charge < -0.3 is 9.80 Å². The lowest BCUT2D eigenvalue weighted by molar-refractivity contribution is -0.135. The minimum absolute atomic E-state index is 0.0449. The predicted molar refractivity (Wildman–Crippen MR) is 104 cm³/mol. The molecule has 0 radical (unpaired) electrons. The predicted octanol–water partition coefficient (Wildman–Crippen LogP) is 2.86. The molecule has 0 bridgehead atoms. The highest BCUT2D eigenvalue weighted by Gasteiger charge is 2.28. The van der Waals surface area contributed by atoms with Gasteiger partial charge in [0.2, 0.25) is 5.91 Å². The van der Waals surface area contributed by atoms with Crippen molar-refractivity contribution in [2.45, 2.75) is 13.8 Å². The lowest BCUT2D eigenvalue weighted by Gasteiger charge is -2.35. The number of amides is 2. The Morgan fingerprint density at radius 2 is 1.26 bits per heavy atom. The first-order valence-corrected chi connectivity index (χ1v) is 9.26. The molecule has 0 saturated carbocycles. The molecule has 1 aliphatic rings. The van der Waals surface area contributed by atoms with E-state index in [0.29, 0.717) is 42.9 Å². The van der Waals surface area contributed by atoms with E-state index in [1.165, 1.54) is 0 Å². The molecular formula is C22H24N2O3. The monoisotopic (exact) mass is 364 g/mol. The Hall–Kier alpha value is -2.95. The third kappa shape index (κ3) is 4.08. The van der Waals surface area contributed by atoms with Crippen LogP contribution in [0.25, 0.3) is 0 Å². The van der Waals surface area contributed by atoms with Crippen LogP contribution in [0.3, 0.4) is 0 Å². The van der Waals surface area contributed by atoms with Crippen LogP contribution in [-0.2, 0) is 4.79 Å². The van der Waals surface area contributed by atoms with E-state index in [-0.39, 0.29) is 23.5 Å². The number of hydrogen-bond donors (Lipinski definition) is 0. The molecule has 2 aromatic rings.